The molecule has 0 aliphatic rings. The Hall–Kier alpha value is -1.06. The molecule has 0 saturated carbocycles. The molecule has 16 heavy (non-hydrogen) atoms. The fourth-order valence-electron chi connectivity index (χ4n) is 1.60. The van der Waals surface area contributed by atoms with Crippen LogP contribution in [0.15, 0.2) is 12.1 Å². The van der Waals surface area contributed by atoms with Gasteiger partial charge in [-0.1, -0.05) is 6.07 Å². The zero-order valence-electron chi connectivity index (χ0n) is 10.3. The van der Waals surface area contributed by atoms with Crippen LogP contribution in [0.25, 0.3) is 0 Å². The summed E-state index contributed by atoms with van der Waals surface area (Å²) in [4.78, 5) is 0. The molecule has 0 saturated heterocycles. The molecule has 1 aromatic carbocycles. The van der Waals surface area contributed by atoms with E-state index in [1.165, 1.54) is 16.7 Å². The van der Waals surface area contributed by atoms with Crippen molar-refractivity contribution >= 4 is 0 Å². The van der Waals surface area contributed by atoms with Crippen molar-refractivity contribution in [3.05, 3.63) is 28.8 Å². The third kappa shape index (κ3) is 3.51. The number of hydrogen-bond donors (Lipinski definition) is 2. The predicted octanol–water partition coefficient (Wildman–Crippen LogP) is 1.78. The molecule has 0 aliphatic carbocycles. The number of aryl methyl sites for hydroxylation is 2. The number of benzene rings is 1. The topological polar surface area (TPSA) is 41.5 Å². The van der Waals surface area contributed by atoms with Gasteiger partial charge in [0.2, 0.25) is 0 Å². The Kier molecular flexibility index (Phi) is 5.29. The molecule has 0 heterocycles. The Labute approximate surface area is 97.4 Å². The van der Waals surface area contributed by atoms with E-state index in [9.17, 15) is 0 Å². The van der Waals surface area contributed by atoms with E-state index in [0.29, 0.717) is 0 Å². The first-order chi connectivity index (χ1) is 7.69. The monoisotopic (exact) mass is 223 g/mol. The minimum atomic E-state index is 0.233. The molecule has 1 rings (SSSR count). The van der Waals surface area contributed by atoms with E-state index in [1.54, 1.807) is 7.11 Å². The fraction of sp³-hybridized carbons (Fsp3) is 0.538. The fourth-order valence-corrected chi connectivity index (χ4v) is 1.60. The van der Waals surface area contributed by atoms with Gasteiger partial charge in [0, 0.05) is 18.7 Å². The number of hydrogen-bond acceptors (Lipinski definition) is 3. The summed E-state index contributed by atoms with van der Waals surface area (Å²) in [6.45, 7) is 6.03. The second-order valence-corrected chi connectivity index (χ2v) is 4.00. The average molecular weight is 223 g/mol. The summed E-state index contributed by atoms with van der Waals surface area (Å²) in [6.07, 6.45) is 0.785. The maximum atomic E-state index is 8.68. The molecular formula is C13H21NO2. The third-order valence-corrected chi connectivity index (χ3v) is 2.72. The van der Waals surface area contributed by atoms with E-state index in [4.69, 9.17) is 9.84 Å². The number of aliphatic hydroxyl groups is 1. The lowest BCUT2D eigenvalue weighted by molar-refractivity contribution is 0.286. The van der Waals surface area contributed by atoms with E-state index in [1.807, 2.05) is 0 Å². The van der Waals surface area contributed by atoms with Crippen molar-refractivity contribution in [2.45, 2.75) is 26.8 Å². The van der Waals surface area contributed by atoms with E-state index >= 15 is 0 Å². The molecule has 0 spiro atoms. The van der Waals surface area contributed by atoms with Crippen LogP contribution in [0.1, 0.15) is 23.1 Å². The van der Waals surface area contributed by atoms with E-state index in [2.05, 4.69) is 31.3 Å². The smallest absolute Gasteiger partial charge is 0.123 e. The summed E-state index contributed by atoms with van der Waals surface area (Å²) in [6, 6.07) is 4.22. The summed E-state index contributed by atoms with van der Waals surface area (Å²) in [5, 5.41) is 12.0. The first kappa shape index (κ1) is 13.0. The molecule has 0 amide bonds. The molecular weight excluding hydrogens is 202 g/mol. The highest BCUT2D eigenvalue weighted by Crippen LogP contribution is 2.22. The highest BCUT2D eigenvalue weighted by Gasteiger charge is 2.05. The Morgan fingerprint density at radius 3 is 2.56 bits per heavy atom. The van der Waals surface area contributed by atoms with Crippen LogP contribution >= 0.6 is 0 Å². The molecule has 0 radical (unpaired) electrons. The molecule has 1 aromatic rings. The van der Waals surface area contributed by atoms with Crippen molar-refractivity contribution in [3.8, 4) is 5.75 Å². The van der Waals surface area contributed by atoms with E-state index < -0.39 is 0 Å². The van der Waals surface area contributed by atoms with Gasteiger partial charge in [0.15, 0.2) is 0 Å². The normalized spacial score (nSPS) is 10.5. The van der Waals surface area contributed by atoms with Gasteiger partial charge in [-0.2, -0.15) is 0 Å². The van der Waals surface area contributed by atoms with Crippen LogP contribution in [0.5, 0.6) is 5.75 Å². The molecule has 2 N–H and O–H groups in total. The van der Waals surface area contributed by atoms with E-state index in [0.717, 1.165) is 25.3 Å². The largest absolute Gasteiger partial charge is 0.496 e. The maximum absolute atomic E-state index is 8.68. The SMILES string of the molecule is COc1cc(C)c(C)cc1CNCCCO. The Bertz CT molecular complexity index is 337. The summed E-state index contributed by atoms with van der Waals surface area (Å²) in [5.74, 6) is 0.930. The lowest BCUT2D eigenvalue weighted by Gasteiger charge is -2.12. The highest BCUT2D eigenvalue weighted by atomic mass is 16.5. The van der Waals surface area contributed by atoms with Crippen LogP contribution in [-0.2, 0) is 6.54 Å². The number of rotatable bonds is 6. The Balaban J connectivity index is 2.66. The lowest BCUT2D eigenvalue weighted by Crippen LogP contribution is -2.16. The lowest BCUT2D eigenvalue weighted by atomic mass is 10.0. The zero-order valence-corrected chi connectivity index (χ0v) is 10.3. The second-order valence-electron chi connectivity index (χ2n) is 4.00. The molecule has 0 bridgehead atoms. The van der Waals surface area contributed by atoms with Crippen molar-refractivity contribution in [1.29, 1.82) is 0 Å². The minimum absolute atomic E-state index is 0.233. The summed E-state index contributed by atoms with van der Waals surface area (Å²) in [5.41, 5.74) is 3.69. The number of aliphatic hydroxyl groups excluding tert-OH is 1. The first-order valence-electron chi connectivity index (χ1n) is 5.64. The van der Waals surface area contributed by atoms with Crippen molar-refractivity contribution in [1.82, 2.24) is 5.32 Å². The van der Waals surface area contributed by atoms with Crippen LogP contribution in [0.2, 0.25) is 0 Å². The minimum Gasteiger partial charge on any atom is -0.496 e. The predicted molar refractivity (Wildman–Crippen MR) is 65.9 cm³/mol. The van der Waals surface area contributed by atoms with Crippen molar-refractivity contribution < 1.29 is 9.84 Å². The van der Waals surface area contributed by atoms with Crippen LogP contribution in [0.4, 0.5) is 0 Å². The van der Waals surface area contributed by atoms with Gasteiger partial charge in [0.25, 0.3) is 0 Å². The van der Waals surface area contributed by atoms with Crippen LogP contribution < -0.4 is 10.1 Å². The van der Waals surface area contributed by atoms with Gasteiger partial charge in [0.05, 0.1) is 7.11 Å². The van der Waals surface area contributed by atoms with Crippen molar-refractivity contribution in [2.75, 3.05) is 20.3 Å². The third-order valence-electron chi connectivity index (χ3n) is 2.72. The molecule has 3 nitrogen and oxygen atoms in total. The standard InChI is InChI=1S/C13H21NO2/c1-10-7-12(9-14-5-4-6-15)13(16-3)8-11(10)2/h7-8,14-15H,4-6,9H2,1-3H3. The van der Waals surface area contributed by atoms with Gasteiger partial charge >= 0.3 is 0 Å². The number of methoxy groups -OCH3 is 1. The van der Waals surface area contributed by atoms with Gasteiger partial charge in [0.1, 0.15) is 5.75 Å². The average Bonchev–Trinajstić information content (AvgIpc) is 2.28. The molecule has 0 aliphatic heterocycles. The molecule has 0 unspecified atom stereocenters. The molecule has 3 heteroatoms. The maximum Gasteiger partial charge on any atom is 0.123 e. The first-order valence-corrected chi connectivity index (χ1v) is 5.64. The van der Waals surface area contributed by atoms with Gasteiger partial charge in [-0.05, 0) is 44.0 Å². The molecule has 0 aromatic heterocycles. The van der Waals surface area contributed by atoms with Crippen LogP contribution in [0, 0.1) is 13.8 Å². The number of nitrogens with one attached hydrogen (secondary N) is 1. The van der Waals surface area contributed by atoms with Gasteiger partial charge in [-0.3, -0.25) is 0 Å². The molecule has 0 atom stereocenters. The van der Waals surface area contributed by atoms with Crippen LogP contribution in [-0.4, -0.2) is 25.4 Å². The van der Waals surface area contributed by atoms with Crippen LogP contribution in [0.3, 0.4) is 0 Å². The van der Waals surface area contributed by atoms with Crippen molar-refractivity contribution in [3.63, 3.8) is 0 Å². The Morgan fingerprint density at radius 2 is 1.94 bits per heavy atom. The highest BCUT2D eigenvalue weighted by molar-refractivity contribution is 5.41. The number of ether oxygens (including phenoxy) is 1. The second kappa shape index (κ2) is 6.51. The van der Waals surface area contributed by atoms with Gasteiger partial charge in [-0.25, -0.2) is 0 Å². The van der Waals surface area contributed by atoms with Gasteiger partial charge in [-0.15, -0.1) is 0 Å². The van der Waals surface area contributed by atoms with Crippen molar-refractivity contribution in [2.24, 2.45) is 0 Å². The summed E-state index contributed by atoms with van der Waals surface area (Å²) < 4.78 is 5.35. The summed E-state index contributed by atoms with van der Waals surface area (Å²) in [7, 11) is 1.70. The zero-order chi connectivity index (χ0) is 12.0. The molecule has 0 fully saturated rings. The Morgan fingerprint density at radius 1 is 1.25 bits per heavy atom. The quantitative estimate of drug-likeness (QED) is 0.722. The van der Waals surface area contributed by atoms with E-state index in [-0.39, 0.29) is 6.61 Å². The molecule has 90 valence electrons. The van der Waals surface area contributed by atoms with Gasteiger partial charge < -0.3 is 15.2 Å². The summed E-state index contributed by atoms with van der Waals surface area (Å²) >= 11 is 0.